The van der Waals surface area contributed by atoms with E-state index >= 15 is 0 Å². The van der Waals surface area contributed by atoms with Crippen LogP contribution < -0.4 is 0 Å². The first-order valence-corrected chi connectivity index (χ1v) is 7.43. The van der Waals surface area contributed by atoms with Gasteiger partial charge in [-0.2, -0.15) is 0 Å². The average Bonchev–Trinajstić information content (AvgIpc) is 3.01. The summed E-state index contributed by atoms with van der Waals surface area (Å²) in [5.74, 6) is 0. The summed E-state index contributed by atoms with van der Waals surface area (Å²) in [7, 11) is 0. The molecule has 1 fully saturated rings. The molecule has 0 spiro atoms. The van der Waals surface area contributed by atoms with Crippen LogP contribution in [-0.4, -0.2) is 29.5 Å². The topological polar surface area (TPSA) is 44.2 Å². The molecule has 0 N–H and O–H groups in total. The molecule has 1 aliphatic heterocycles. The van der Waals surface area contributed by atoms with E-state index in [9.17, 15) is 0 Å². The Morgan fingerprint density at radius 2 is 2.00 bits per heavy atom. The maximum Gasteiger partial charge on any atom is 0.157 e. The Hall–Kier alpha value is -1.78. The quantitative estimate of drug-likeness (QED) is 0.846. The first-order valence-electron chi connectivity index (χ1n) is 7.43. The van der Waals surface area contributed by atoms with Gasteiger partial charge in [0.05, 0.1) is 24.6 Å². The number of ether oxygens (including phenoxy) is 2. The molecular formula is C17H20N2O2. The molecule has 2 aromatic heterocycles. The van der Waals surface area contributed by atoms with Crippen molar-refractivity contribution in [3.05, 3.63) is 47.8 Å². The number of hydrogen-bond acceptors (Lipinski definition) is 4. The molecule has 3 heterocycles. The van der Waals surface area contributed by atoms with Gasteiger partial charge in [-0.05, 0) is 55.5 Å². The minimum absolute atomic E-state index is 0.00987. The van der Waals surface area contributed by atoms with Gasteiger partial charge < -0.3 is 9.47 Å². The van der Waals surface area contributed by atoms with Crippen molar-refractivity contribution in [2.75, 3.05) is 13.2 Å². The van der Waals surface area contributed by atoms with E-state index in [-0.39, 0.29) is 6.29 Å². The molecule has 0 saturated carbocycles. The summed E-state index contributed by atoms with van der Waals surface area (Å²) in [4.78, 5) is 8.87. The van der Waals surface area contributed by atoms with Crippen molar-refractivity contribution in [2.24, 2.45) is 0 Å². The maximum atomic E-state index is 5.46. The van der Waals surface area contributed by atoms with Gasteiger partial charge in [-0.1, -0.05) is 6.07 Å². The summed E-state index contributed by atoms with van der Waals surface area (Å²) in [5, 5.41) is 0. The predicted molar refractivity (Wildman–Crippen MR) is 80.8 cm³/mol. The van der Waals surface area contributed by atoms with Crippen LogP contribution in [-0.2, 0) is 15.9 Å². The minimum Gasteiger partial charge on any atom is -0.350 e. The Morgan fingerprint density at radius 3 is 2.81 bits per heavy atom. The third-order valence-corrected chi connectivity index (χ3v) is 3.67. The summed E-state index contributed by atoms with van der Waals surface area (Å²) >= 11 is 0. The summed E-state index contributed by atoms with van der Waals surface area (Å²) in [6, 6.07) is 8.21. The van der Waals surface area contributed by atoms with E-state index in [0.717, 1.165) is 49.4 Å². The molecule has 4 nitrogen and oxygen atoms in total. The van der Waals surface area contributed by atoms with Gasteiger partial charge in [-0.15, -0.1) is 0 Å². The van der Waals surface area contributed by atoms with Crippen LogP contribution in [0.25, 0.3) is 11.4 Å². The zero-order chi connectivity index (χ0) is 14.5. The lowest BCUT2D eigenvalue weighted by Crippen LogP contribution is -2.07. The molecule has 0 radical (unpaired) electrons. The van der Waals surface area contributed by atoms with Crippen LogP contribution >= 0.6 is 0 Å². The second-order valence-corrected chi connectivity index (χ2v) is 5.28. The van der Waals surface area contributed by atoms with Gasteiger partial charge in [0.2, 0.25) is 0 Å². The lowest BCUT2D eigenvalue weighted by molar-refractivity contribution is -0.0475. The van der Waals surface area contributed by atoms with Crippen molar-refractivity contribution >= 4 is 0 Å². The summed E-state index contributed by atoms with van der Waals surface area (Å²) in [6.07, 6.45) is 6.66. The zero-order valence-electron chi connectivity index (χ0n) is 12.3. The monoisotopic (exact) mass is 284 g/mol. The summed E-state index contributed by atoms with van der Waals surface area (Å²) in [6.45, 7) is 3.51. The molecule has 0 atom stereocenters. The fraction of sp³-hybridized carbons (Fsp3) is 0.412. The van der Waals surface area contributed by atoms with E-state index in [1.165, 1.54) is 5.56 Å². The third-order valence-electron chi connectivity index (χ3n) is 3.67. The number of aromatic nitrogens is 2. The predicted octanol–water partition coefficient (Wildman–Crippen LogP) is 3.15. The second kappa shape index (κ2) is 6.78. The molecule has 0 unspecified atom stereocenters. The minimum atomic E-state index is -0.00987. The molecule has 1 aliphatic rings. The number of rotatable bonds is 5. The zero-order valence-corrected chi connectivity index (χ0v) is 12.3. The fourth-order valence-corrected chi connectivity index (χ4v) is 2.56. The Kier molecular flexibility index (Phi) is 4.58. The van der Waals surface area contributed by atoms with Gasteiger partial charge in [-0.25, -0.2) is 0 Å². The fourth-order valence-electron chi connectivity index (χ4n) is 2.56. The summed E-state index contributed by atoms with van der Waals surface area (Å²) < 4.78 is 10.9. The molecule has 3 rings (SSSR count). The van der Waals surface area contributed by atoms with Crippen molar-refractivity contribution in [1.82, 2.24) is 9.97 Å². The maximum absolute atomic E-state index is 5.46. The van der Waals surface area contributed by atoms with Crippen LogP contribution in [0.4, 0.5) is 0 Å². The van der Waals surface area contributed by atoms with E-state index < -0.39 is 0 Å². The van der Waals surface area contributed by atoms with E-state index in [4.69, 9.17) is 9.47 Å². The van der Waals surface area contributed by atoms with Crippen LogP contribution in [0.5, 0.6) is 0 Å². The lowest BCUT2D eigenvalue weighted by Gasteiger charge is -2.09. The van der Waals surface area contributed by atoms with E-state index in [0.29, 0.717) is 0 Å². The second-order valence-electron chi connectivity index (χ2n) is 5.28. The molecule has 4 heteroatoms. The number of nitrogens with zero attached hydrogens (tertiary/aromatic N) is 2. The standard InChI is InChI=1S/C17H20N2O2/c1-13-4-3-8-19-17(13)15-12-14(7-9-18-15)5-2-6-16-20-10-11-21-16/h3-4,7-9,12,16H,2,5-6,10-11H2,1H3. The number of pyridine rings is 2. The molecular weight excluding hydrogens is 264 g/mol. The first-order chi connectivity index (χ1) is 10.3. The van der Waals surface area contributed by atoms with Crippen molar-refractivity contribution < 1.29 is 9.47 Å². The molecule has 0 aliphatic carbocycles. The molecule has 21 heavy (non-hydrogen) atoms. The molecule has 2 aromatic rings. The Labute approximate surface area is 125 Å². The van der Waals surface area contributed by atoms with Crippen LogP contribution in [0.3, 0.4) is 0 Å². The van der Waals surface area contributed by atoms with E-state index in [1.807, 2.05) is 18.5 Å². The number of hydrogen-bond donors (Lipinski definition) is 0. The Balaban J connectivity index is 1.64. The van der Waals surface area contributed by atoms with Gasteiger partial charge in [0.15, 0.2) is 6.29 Å². The van der Waals surface area contributed by atoms with Gasteiger partial charge in [0.1, 0.15) is 0 Å². The number of aryl methyl sites for hydroxylation is 2. The lowest BCUT2D eigenvalue weighted by atomic mass is 10.1. The van der Waals surface area contributed by atoms with Crippen molar-refractivity contribution in [3.8, 4) is 11.4 Å². The van der Waals surface area contributed by atoms with Crippen LogP contribution in [0.15, 0.2) is 36.7 Å². The normalized spacial score (nSPS) is 15.5. The SMILES string of the molecule is Cc1cccnc1-c1cc(CCCC2OCCO2)ccn1. The van der Waals surface area contributed by atoms with Crippen LogP contribution in [0.1, 0.15) is 24.0 Å². The summed E-state index contributed by atoms with van der Waals surface area (Å²) in [5.41, 5.74) is 4.33. The highest BCUT2D eigenvalue weighted by Crippen LogP contribution is 2.20. The van der Waals surface area contributed by atoms with Crippen LogP contribution in [0, 0.1) is 6.92 Å². The Bertz CT molecular complexity index is 595. The highest BCUT2D eigenvalue weighted by atomic mass is 16.7. The molecule has 0 aromatic carbocycles. The van der Waals surface area contributed by atoms with E-state index in [2.05, 4.69) is 35.1 Å². The largest absolute Gasteiger partial charge is 0.350 e. The van der Waals surface area contributed by atoms with Crippen molar-refractivity contribution in [1.29, 1.82) is 0 Å². The molecule has 0 amide bonds. The molecule has 1 saturated heterocycles. The highest BCUT2D eigenvalue weighted by molar-refractivity contribution is 5.58. The van der Waals surface area contributed by atoms with Crippen molar-refractivity contribution in [3.63, 3.8) is 0 Å². The first kappa shape index (κ1) is 14.2. The molecule has 110 valence electrons. The van der Waals surface area contributed by atoms with Crippen LogP contribution in [0.2, 0.25) is 0 Å². The van der Waals surface area contributed by atoms with Crippen molar-refractivity contribution in [2.45, 2.75) is 32.5 Å². The highest BCUT2D eigenvalue weighted by Gasteiger charge is 2.15. The van der Waals surface area contributed by atoms with Gasteiger partial charge in [0, 0.05) is 12.4 Å². The Morgan fingerprint density at radius 1 is 1.14 bits per heavy atom. The van der Waals surface area contributed by atoms with E-state index in [1.54, 1.807) is 0 Å². The third kappa shape index (κ3) is 3.65. The van der Waals surface area contributed by atoms with Gasteiger partial charge >= 0.3 is 0 Å². The smallest absolute Gasteiger partial charge is 0.157 e. The average molecular weight is 284 g/mol. The molecule has 0 bridgehead atoms. The van der Waals surface area contributed by atoms with Gasteiger partial charge in [-0.3, -0.25) is 9.97 Å². The van der Waals surface area contributed by atoms with Gasteiger partial charge in [0.25, 0.3) is 0 Å².